The van der Waals surface area contributed by atoms with Crippen molar-refractivity contribution in [1.29, 1.82) is 0 Å². The van der Waals surface area contributed by atoms with Gasteiger partial charge in [-0.25, -0.2) is 4.39 Å². The topological polar surface area (TPSA) is 38.0 Å². The van der Waals surface area contributed by atoms with Crippen LogP contribution in [-0.4, -0.2) is 0 Å². The Morgan fingerprint density at radius 1 is 1.24 bits per heavy atom. The summed E-state index contributed by atoms with van der Waals surface area (Å²) in [5, 5.41) is 0. The van der Waals surface area contributed by atoms with Crippen LogP contribution < -0.4 is 11.3 Å². The molecular weight excluding hydrogens is 263 g/mol. The van der Waals surface area contributed by atoms with E-state index in [0.717, 1.165) is 17.0 Å². The molecule has 1 saturated carbocycles. The van der Waals surface area contributed by atoms with Crippen molar-refractivity contribution >= 4 is 0 Å². The molecule has 21 heavy (non-hydrogen) atoms. The summed E-state index contributed by atoms with van der Waals surface area (Å²) in [5.74, 6) is 7.02. The van der Waals surface area contributed by atoms with Crippen LogP contribution in [0.5, 0.6) is 0 Å². The molecule has 0 saturated heterocycles. The second kappa shape index (κ2) is 7.90. The fourth-order valence-corrected chi connectivity index (χ4v) is 3.75. The highest BCUT2D eigenvalue weighted by atomic mass is 19.1. The second-order valence-corrected chi connectivity index (χ2v) is 6.63. The van der Waals surface area contributed by atoms with Crippen LogP contribution in [0.15, 0.2) is 18.2 Å². The van der Waals surface area contributed by atoms with E-state index in [0.29, 0.717) is 5.92 Å². The number of benzene rings is 1. The highest BCUT2D eigenvalue weighted by Gasteiger charge is 2.28. The summed E-state index contributed by atoms with van der Waals surface area (Å²) in [5.41, 5.74) is 4.89. The van der Waals surface area contributed by atoms with Crippen LogP contribution in [0.3, 0.4) is 0 Å². The van der Waals surface area contributed by atoms with E-state index in [1.165, 1.54) is 44.9 Å². The Morgan fingerprint density at radius 3 is 2.52 bits per heavy atom. The van der Waals surface area contributed by atoms with Crippen LogP contribution in [0, 0.1) is 24.6 Å². The Morgan fingerprint density at radius 2 is 1.95 bits per heavy atom. The Kier molecular flexibility index (Phi) is 6.19. The number of nitrogens with two attached hydrogens (primary N) is 1. The standard InChI is InChI=1S/C18H29FN2/c1-3-4-5-14-6-8-15(9-7-14)18(21-20)16-10-13(2)11-17(19)12-16/h10-12,14-15,18,21H,3-9,20H2,1-2H3. The zero-order valence-electron chi connectivity index (χ0n) is 13.4. The van der Waals surface area contributed by atoms with Gasteiger partial charge in [0.2, 0.25) is 0 Å². The highest BCUT2D eigenvalue weighted by Crippen LogP contribution is 2.38. The molecular formula is C18H29FN2. The number of halogens is 1. The van der Waals surface area contributed by atoms with Crippen molar-refractivity contribution in [3.05, 3.63) is 35.1 Å². The third-order valence-electron chi connectivity index (χ3n) is 4.93. The molecule has 1 aliphatic carbocycles. The molecule has 2 rings (SSSR count). The molecule has 2 nitrogen and oxygen atoms in total. The van der Waals surface area contributed by atoms with Gasteiger partial charge in [-0.3, -0.25) is 11.3 Å². The molecule has 1 atom stereocenters. The van der Waals surface area contributed by atoms with Crippen molar-refractivity contribution in [2.24, 2.45) is 17.7 Å². The van der Waals surface area contributed by atoms with Crippen molar-refractivity contribution in [3.63, 3.8) is 0 Å². The summed E-state index contributed by atoms with van der Waals surface area (Å²) >= 11 is 0. The first kappa shape index (κ1) is 16.4. The fraction of sp³-hybridized carbons (Fsp3) is 0.667. The normalized spacial score (nSPS) is 24.0. The largest absolute Gasteiger partial charge is 0.271 e. The molecule has 0 spiro atoms. The number of rotatable bonds is 6. The molecule has 3 N–H and O–H groups in total. The SMILES string of the molecule is CCCCC1CCC(C(NN)c2cc(C)cc(F)c2)CC1. The minimum atomic E-state index is -0.165. The first-order valence-electron chi connectivity index (χ1n) is 8.37. The van der Waals surface area contributed by atoms with E-state index in [1.807, 2.05) is 6.92 Å². The lowest BCUT2D eigenvalue weighted by molar-refractivity contribution is 0.213. The highest BCUT2D eigenvalue weighted by molar-refractivity contribution is 5.26. The monoisotopic (exact) mass is 292 g/mol. The van der Waals surface area contributed by atoms with Crippen molar-refractivity contribution < 1.29 is 4.39 Å². The Hall–Kier alpha value is -0.930. The predicted octanol–water partition coefficient (Wildman–Crippen LogP) is 4.64. The maximum atomic E-state index is 13.6. The molecule has 1 aromatic carbocycles. The Labute approximate surface area is 128 Å². The lowest BCUT2D eigenvalue weighted by atomic mass is 9.75. The van der Waals surface area contributed by atoms with E-state index in [1.54, 1.807) is 12.1 Å². The second-order valence-electron chi connectivity index (χ2n) is 6.63. The molecule has 0 heterocycles. The molecule has 0 amide bonds. The van der Waals surface area contributed by atoms with Crippen molar-refractivity contribution in [2.75, 3.05) is 0 Å². The number of aryl methyl sites for hydroxylation is 1. The third kappa shape index (κ3) is 4.52. The summed E-state index contributed by atoms with van der Waals surface area (Å²) in [4.78, 5) is 0. The van der Waals surface area contributed by atoms with Gasteiger partial charge in [0.25, 0.3) is 0 Å². The molecule has 0 aromatic heterocycles. The van der Waals surface area contributed by atoms with Crippen molar-refractivity contribution in [3.8, 4) is 0 Å². The van der Waals surface area contributed by atoms with Crippen LogP contribution in [0.4, 0.5) is 4.39 Å². The van der Waals surface area contributed by atoms with Crippen LogP contribution in [0.2, 0.25) is 0 Å². The van der Waals surface area contributed by atoms with Crippen LogP contribution in [0.1, 0.15) is 69.0 Å². The van der Waals surface area contributed by atoms with E-state index in [2.05, 4.69) is 18.4 Å². The lowest BCUT2D eigenvalue weighted by Crippen LogP contribution is -2.35. The smallest absolute Gasteiger partial charge is 0.123 e. The number of hydrogen-bond acceptors (Lipinski definition) is 2. The van der Waals surface area contributed by atoms with Gasteiger partial charge in [-0.2, -0.15) is 0 Å². The van der Waals surface area contributed by atoms with E-state index in [-0.39, 0.29) is 11.9 Å². The van der Waals surface area contributed by atoms with Gasteiger partial charge in [0, 0.05) is 6.04 Å². The average Bonchev–Trinajstić information content (AvgIpc) is 2.46. The van der Waals surface area contributed by atoms with Gasteiger partial charge in [0.1, 0.15) is 5.82 Å². The molecule has 1 aliphatic rings. The van der Waals surface area contributed by atoms with Gasteiger partial charge in [0.15, 0.2) is 0 Å². The summed E-state index contributed by atoms with van der Waals surface area (Å²) in [6.07, 6.45) is 8.96. The maximum absolute atomic E-state index is 13.6. The third-order valence-corrected chi connectivity index (χ3v) is 4.93. The first-order chi connectivity index (χ1) is 10.1. The number of unbranched alkanes of at least 4 members (excludes halogenated alkanes) is 1. The first-order valence-corrected chi connectivity index (χ1v) is 8.37. The summed E-state index contributed by atoms with van der Waals surface area (Å²) in [7, 11) is 0. The molecule has 0 radical (unpaired) electrons. The van der Waals surface area contributed by atoms with Gasteiger partial charge in [-0.1, -0.05) is 45.1 Å². The van der Waals surface area contributed by atoms with Crippen LogP contribution in [-0.2, 0) is 0 Å². The number of hydrazine groups is 1. The quantitative estimate of drug-likeness (QED) is 0.592. The summed E-state index contributed by atoms with van der Waals surface area (Å²) < 4.78 is 13.6. The Bertz CT molecular complexity index is 419. The molecule has 1 fully saturated rings. The zero-order chi connectivity index (χ0) is 15.2. The van der Waals surface area contributed by atoms with Crippen LogP contribution in [0.25, 0.3) is 0 Å². The van der Waals surface area contributed by atoms with Gasteiger partial charge in [-0.05, 0) is 54.9 Å². The Balaban J connectivity index is 1.99. The van der Waals surface area contributed by atoms with Crippen LogP contribution >= 0.6 is 0 Å². The van der Waals surface area contributed by atoms with E-state index >= 15 is 0 Å². The lowest BCUT2D eigenvalue weighted by Gasteiger charge is -2.34. The number of hydrogen-bond donors (Lipinski definition) is 2. The minimum absolute atomic E-state index is 0.0755. The summed E-state index contributed by atoms with van der Waals surface area (Å²) in [6.45, 7) is 4.19. The minimum Gasteiger partial charge on any atom is -0.271 e. The fourth-order valence-electron chi connectivity index (χ4n) is 3.75. The van der Waals surface area contributed by atoms with Crippen molar-refractivity contribution in [1.82, 2.24) is 5.43 Å². The van der Waals surface area contributed by atoms with Gasteiger partial charge >= 0.3 is 0 Å². The average molecular weight is 292 g/mol. The molecule has 3 heteroatoms. The number of nitrogens with one attached hydrogen (secondary N) is 1. The molecule has 0 bridgehead atoms. The maximum Gasteiger partial charge on any atom is 0.123 e. The van der Waals surface area contributed by atoms with Gasteiger partial charge < -0.3 is 0 Å². The van der Waals surface area contributed by atoms with Gasteiger partial charge in [0.05, 0.1) is 0 Å². The predicted molar refractivity (Wildman–Crippen MR) is 86.2 cm³/mol. The molecule has 0 aliphatic heterocycles. The van der Waals surface area contributed by atoms with Gasteiger partial charge in [-0.15, -0.1) is 0 Å². The molecule has 1 unspecified atom stereocenters. The molecule has 118 valence electrons. The van der Waals surface area contributed by atoms with E-state index in [9.17, 15) is 4.39 Å². The van der Waals surface area contributed by atoms with E-state index < -0.39 is 0 Å². The van der Waals surface area contributed by atoms with Crippen molar-refractivity contribution in [2.45, 2.75) is 64.8 Å². The molecule has 1 aromatic rings. The van der Waals surface area contributed by atoms with E-state index in [4.69, 9.17) is 5.84 Å². The zero-order valence-corrected chi connectivity index (χ0v) is 13.4. The summed E-state index contributed by atoms with van der Waals surface area (Å²) in [6, 6.07) is 5.32.